The largest absolute Gasteiger partial charge is 0.478 e. The average molecular weight is 392 g/mol. The highest BCUT2D eigenvalue weighted by Crippen LogP contribution is 2.21. The number of carbonyl (C=O) groups is 2. The van der Waals surface area contributed by atoms with E-state index < -0.39 is 5.97 Å². The molecule has 1 aromatic heterocycles. The third kappa shape index (κ3) is 5.29. The zero-order valence-corrected chi connectivity index (χ0v) is 16.0. The molecule has 29 heavy (non-hydrogen) atoms. The fraction of sp³-hybridized carbons (Fsp3) is 0.143. The van der Waals surface area contributed by atoms with Gasteiger partial charge in [0.05, 0.1) is 17.7 Å². The van der Waals surface area contributed by atoms with Crippen molar-refractivity contribution in [3.63, 3.8) is 0 Å². The lowest BCUT2D eigenvalue weighted by molar-refractivity contribution is 0.0526. The van der Waals surface area contributed by atoms with Gasteiger partial charge < -0.3 is 20.5 Å². The molecule has 148 valence electrons. The summed E-state index contributed by atoms with van der Waals surface area (Å²) < 4.78 is 4.97. The van der Waals surface area contributed by atoms with Crippen LogP contribution in [0.25, 0.3) is 0 Å². The van der Waals surface area contributed by atoms with E-state index in [0.29, 0.717) is 35.3 Å². The van der Waals surface area contributed by atoms with Gasteiger partial charge in [-0.15, -0.1) is 0 Å². The molecule has 0 atom stereocenters. The molecule has 0 saturated carbocycles. The molecule has 0 unspecified atom stereocenters. The summed E-state index contributed by atoms with van der Waals surface area (Å²) in [6.07, 6.45) is 0. The Morgan fingerprint density at radius 2 is 1.59 bits per heavy atom. The Labute approximate surface area is 167 Å². The number of benzene rings is 2. The van der Waals surface area contributed by atoms with Crippen molar-refractivity contribution >= 4 is 34.9 Å². The van der Waals surface area contributed by atoms with E-state index >= 15 is 0 Å². The first-order valence-electron chi connectivity index (χ1n) is 8.95. The highest BCUT2D eigenvalue weighted by atomic mass is 16.5. The van der Waals surface area contributed by atoms with Crippen LogP contribution in [0.5, 0.6) is 0 Å². The number of hydrogen-bond acceptors (Lipinski definition) is 7. The van der Waals surface area contributed by atoms with Crippen LogP contribution in [0, 0.1) is 6.92 Å². The van der Waals surface area contributed by atoms with Gasteiger partial charge in [0.2, 0.25) is 0 Å². The number of aryl methyl sites for hydroxylation is 1. The summed E-state index contributed by atoms with van der Waals surface area (Å²) in [6.45, 7) is 3.84. The molecule has 3 aromatic rings. The predicted octanol–water partition coefficient (Wildman–Crippen LogP) is 4.15. The number of esters is 1. The normalized spacial score (nSPS) is 10.3. The molecule has 0 saturated heterocycles. The van der Waals surface area contributed by atoms with Gasteiger partial charge in [-0.25, -0.2) is 19.6 Å². The van der Waals surface area contributed by atoms with Gasteiger partial charge in [0.15, 0.2) is 0 Å². The van der Waals surface area contributed by atoms with Crippen molar-refractivity contribution in [3.8, 4) is 0 Å². The number of aromatic carboxylic acids is 1. The number of hydrogen-bond donors (Lipinski definition) is 3. The summed E-state index contributed by atoms with van der Waals surface area (Å²) in [5, 5.41) is 15.4. The topological polar surface area (TPSA) is 113 Å². The van der Waals surface area contributed by atoms with E-state index in [-0.39, 0.29) is 11.5 Å². The molecule has 0 amide bonds. The fourth-order valence-corrected chi connectivity index (χ4v) is 2.63. The third-order valence-corrected chi connectivity index (χ3v) is 3.89. The maximum absolute atomic E-state index is 11.7. The van der Waals surface area contributed by atoms with E-state index in [0.717, 1.165) is 5.69 Å². The Morgan fingerprint density at radius 3 is 2.21 bits per heavy atom. The molecule has 0 aliphatic heterocycles. The van der Waals surface area contributed by atoms with Crippen LogP contribution in [0.15, 0.2) is 54.6 Å². The Kier molecular flexibility index (Phi) is 6.03. The number of carboxylic acid groups (broad SMARTS) is 1. The quantitative estimate of drug-likeness (QED) is 0.514. The molecule has 8 heteroatoms. The van der Waals surface area contributed by atoms with Crippen LogP contribution >= 0.6 is 0 Å². The molecular weight excluding hydrogens is 372 g/mol. The van der Waals surface area contributed by atoms with Crippen molar-refractivity contribution in [3.05, 3.63) is 71.5 Å². The second-order valence-electron chi connectivity index (χ2n) is 6.12. The van der Waals surface area contributed by atoms with Crippen LogP contribution in [0.1, 0.15) is 33.5 Å². The number of aromatic nitrogens is 2. The first-order valence-corrected chi connectivity index (χ1v) is 8.95. The SMILES string of the molecule is CCOC(=O)c1ccc(Nc2cc(Nc3cccc(C(=O)O)c3)nc(C)n2)cc1. The molecule has 8 nitrogen and oxygen atoms in total. The summed E-state index contributed by atoms with van der Waals surface area (Å²) in [4.78, 5) is 31.5. The van der Waals surface area contributed by atoms with E-state index in [2.05, 4.69) is 20.6 Å². The van der Waals surface area contributed by atoms with Gasteiger partial charge in [-0.3, -0.25) is 0 Å². The van der Waals surface area contributed by atoms with Gasteiger partial charge >= 0.3 is 11.9 Å². The van der Waals surface area contributed by atoms with Gasteiger partial charge in [-0.2, -0.15) is 0 Å². The minimum atomic E-state index is -0.999. The molecule has 3 N–H and O–H groups in total. The monoisotopic (exact) mass is 392 g/mol. The predicted molar refractivity (Wildman–Crippen MR) is 109 cm³/mol. The van der Waals surface area contributed by atoms with Crippen LogP contribution in [-0.4, -0.2) is 33.6 Å². The number of rotatable bonds is 7. The highest BCUT2D eigenvalue weighted by molar-refractivity contribution is 5.90. The molecule has 0 aliphatic rings. The highest BCUT2D eigenvalue weighted by Gasteiger charge is 2.08. The second-order valence-corrected chi connectivity index (χ2v) is 6.12. The fourth-order valence-electron chi connectivity index (χ4n) is 2.63. The molecular formula is C21H20N4O4. The Bertz CT molecular complexity index is 1040. The molecule has 2 aromatic carbocycles. The van der Waals surface area contributed by atoms with Gasteiger partial charge in [0, 0.05) is 17.4 Å². The van der Waals surface area contributed by atoms with Gasteiger partial charge in [-0.05, 0) is 56.3 Å². The number of nitrogens with zero attached hydrogens (tertiary/aromatic N) is 2. The Balaban J connectivity index is 1.76. The summed E-state index contributed by atoms with van der Waals surface area (Å²) in [6, 6.07) is 15.0. The van der Waals surface area contributed by atoms with Crippen molar-refractivity contribution in [1.82, 2.24) is 9.97 Å². The van der Waals surface area contributed by atoms with Crippen LogP contribution in [0.4, 0.5) is 23.0 Å². The Hall–Kier alpha value is -3.94. The van der Waals surface area contributed by atoms with Crippen molar-refractivity contribution in [1.29, 1.82) is 0 Å². The first kappa shape index (κ1) is 19.8. The number of anilines is 4. The summed E-state index contributed by atoms with van der Waals surface area (Å²) in [7, 11) is 0. The molecule has 0 fully saturated rings. The van der Waals surface area contributed by atoms with Crippen LogP contribution in [0.2, 0.25) is 0 Å². The summed E-state index contributed by atoms with van der Waals surface area (Å²) in [5.74, 6) is 0.243. The minimum absolute atomic E-state index is 0.181. The number of nitrogens with one attached hydrogen (secondary N) is 2. The smallest absolute Gasteiger partial charge is 0.338 e. The third-order valence-electron chi connectivity index (χ3n) is 3.89. The van der Waals surface area contributed by atoms with Gasteiger partial charge in [0.25, 0.3) is 0 Å². The zero-order valence-electron chi connectivity index (χ0n) is 16.0. The van der Waals surface area contributed by atoms with E-state index in [1.54, 1.807) is 56.3 Å². The molecule has 0 aliphatic carbocycles. The van der Waals surface area contributed by atoms with Gasteiger partial charge in [0.1, 0.15) is 17.5 Å². The van der Waals surface area contributed by atoms with E-state index in [9.17, 15) is 9.59 Å². The lowest BCUT2D eigenvalue weighted by Crippen LogP contribution is -2.05. The minimum Gasteiger partial charge on any atom is -0.478 e. The molecule has 1 heterocycles. The van der Waals surface area contributed by atoms with E-state index in [4.69, 9.17) is 9.84 Å². The van der Waals surface area contributed by atoms with E-state index in [1.165, 1.54) is 12.1 Å². The van der Waals surface area contributed by atoms with Crippen molar-refractivity contribution < 1.29 is 19.4 Å². The Morgan fingerprint density at radius 1 is 0.931 bits per heavy atom. The average Bonchev–Trinajstić information content (AvgIpc) is 2.68. The zero-order chi connectivity index (χ0) is 20.8. The maximum Gasteiger partial charge on any atom is 0.338 e. The number of carbonyl (C=O) groups excluding carboxylic acids is 1. The van der Waals surface area contributed by atoms with Crippen molar-refractivity contribution in [2.75, 3.05) is 17.2 Å². The summed E-state index contributed by atoms with van der Waals surface area (Å²) in [5.41, 5.74) is 2.00. The van der Waals surface area contributed by atoms with Crippen LogP contribution in [-0.2, 0) is 4.74 Å². The van der Waals surface area contributed by atoms with Crippen LogP contribution in [0.3, 0.4) is 0 Å². The lowest BCUT2D eigenvalue weighted by atomic mass is 10.2. The van der Waals surface area contributed by atoms with Crippen LogP contribution < -0.4 is 10.6 Å². The summed E-state index contributed by atoms with van der Waals surface area (Å²) >= 11 is 0. The molecule has 3 rings (SSSR count). The molecule has 0 bridgehead atoms. The number of ether oxygens (including phenoxy) is 1. The van der Waals surface area contributed by atoms with E-state index in [1.807, 2.05) is 0 Å². The second kappa shape index (κ2) is 8.83. The molecule has 0 radical (unpaired) electrons. The molecule has 0 spiro atoms. The maximum atomic E-state index is 11.7. The van der Waals surface area contributed by atoms with Crippen molar-refractivity contribution in [2.24, 2.45) is 0 Å². The first-order chi connectivity index (χ1) is 13.9. The number of carboxylic acids is 1. The standard InChI is InChI=1S/C21H20N4O4/c1-3-29-21(28)14-7-9-16(10-8-14)24-18-12-19(23-13(2)22-18)25-17-6-4-5-15(11-17)20(26)27/h4-12H,3H2,1-2H3,(H,26,27)(H2,22,23,24,25). The van der Waals surface area contributed by atoms with Crippen molar-refractivity contribution in [2.45, 2.75) is 13.8 Å². The lowest BCUT2D eigenvalue weighted by Gasteiger charge is -2.11. The van der Waals surface area contributed by atoms with Gasteiger partial charge in [-0.1, -0.05) is 6.07 Å².